The zero-order chi connectivity index (χ0) is 13.1. The van der Waals surface area contributed by atoms with Crippen LogP contribution in [0.5, 0.6) is 5.75 Å². The third kappa shape index (κ3) is 2.36. The molecule has 0 bridgehead atoms. The van der Waals surface area contributed by atoms with Gasteiger partial charge in [-0.05, 0) is 36.8 Å². The molecule has 0 saturated carbocycles. The van der Waals surface area contributed by atoms with Crippen molar-refractivity contribution in [2.24, 2.45) is 0 Å². The molecule has 1 heterocycles. The molecule has 0 atom stereocenters. The number of benzene rings is 1. The Morgan fingerprint density at radius 2 is 2.11 bits per heavy atom. The van der Waals surface area contributed by atoms with Crippen molar-refractivity contribution in [3.63, 3.8) is 0 Å². The first-order valence-electron chi connectivity index (χ1n) is 5.42. The van der Waals surface area contributed by atoms with Crippen LogP contribution >= 0.6 is 11.6 Å². The Balaban J connectivity index is 2.44. The quantitative estimate of drug-likeness (QED) is 0.796. The highest BCUT2D eigenvalue weighted by Crippen LogP contribution is 2.26. The number of methoxy groups -OCH3 is 1. The van der Waals surface area contributed by atoms with Crippen molar-refractivity contribution in [3.05, 3.63) is 58.4 Å². The molecule has 1 aromatic heterocycles. The maximum atomic E-state index is 12.3. The van der Waals surface area contributed by atoms with Crippen LogP contribution in [0.25, 0.3) is 0 Å². The molecule has 18 heavy (non-hydrogen) atoms. The first kappa shape index (κ1) is 12.6. The smallest absolute Gasteiger partial charge is 0.194 e. The van der Waals surface area contributed by atoms with Gasteiger partial charge < -0.3 is 4.74 Å². The summed E-state index contributed by atoms with van der Waals surface area (Å²) in [7, 11) is 1.52. The molecule has 0 saturated heterocycles. The van der Waals surface area contributed by atoms with Crippen LogP contribution in [-0.2, 0) is 0 Å². The van der Waals surface area contributed by atoms with E-state index in [-0.39, 0.29) is 5.78 Å². The van der Waals surface area contributed by atoms with E-state index in [0.29, 0.717) is 21.9 Å². The van der Waals surface area contributed by atoms with E-state index in [9.17, 15) is 4.79 Å². The van der Waals surface area contributed by atoms with Gasteiger partial charge in [0.25, 0.3) is 0 Å². The monoisotopic (exact) mass is 261 g/mol. The molecule has 0 aliphatic rings. The molecule has 0 fully saturated rings. The molecular weight excluding hydrogens is 250 g/mol. The molecule has 0 spiro atoms. The van der Waals surface area contributed by atoms with Crippen LogP contribution < -0.4 is 4.74 Å². The highest BCUT2D eigenvalue weighted by atomic mass is 35.5. The number of carbonyl (C=O) groups excluding carboxylic acids is 1. The van der Waals surface area contributed by atoms with Gasteiger partial charge in [-0.15, -0.1) is 0 Å². The molecule has 0 aliphatic heterocycles. The van der Waals surface area contributed by atoms with E-state index in [1.807, 2.05) is 6.92 Å². The van der Waals surface area contributed by atoms with Crippen LogP contribution in [-0.4, -0.2) is 17.9 Å². The molecule has 0 amide bonds. The molecular formula is C14H12ClNO2. The highest BCUT2D eigenvalue weighted by molar-refractivity contribution is 6.32. The zero-order valence-electron chi connectivity index (χ0n) is 10.1. The summed E-state index contributed by atoms with van der Waals surface area (Å²) in [4.78, 5) is 16.3. The molecule has 0 aliphatic carbocycles. The topological polar surface area (TPSA) is 39.2 Å². The second-order valence-corrected chi connectivity index (χ2v) is 4.28. The van der Waals surface area contributed by atoms with E-state index in [1.54, 1.807) is 36.7 Å². The number of hydrogen-bond acceptors (Lipinski definition) is 3. The Morgan fingerprint density at radius 3 is 2.78 bits per heavy atom. The number of hydrogen-bond donors (Lipinski definition) is 0. The number of nitrogens with zero attached hydrogens (tertiary/aromatic N) is 1. The number of ether oxygens (including phenoxy) is 1. The van der Waals surface area contributed by atoms with Gasteiger partial charge in [0.15, 0.2) is 5.78 Å². The maximum Gasteiger partial charge on any atom is 0.194 e. The summed E-state index contributed by atoms with van der Waals surface area (Å²) in [5.74, 6) is 0.402. The van der Waals surface area contributed by atoms with Gasteiger partial charge in [0, 0.05) is 23.5 Å². The minimum Gasteiger partial charge on any atom is -0.495 e. The van der Waals surface area contributed by atoms with Crippen molar-refractivity contribution in [2.75, 3.05) is 7.11 Å². The average Bonchev–Trinajstić information content (AvgIpc) is 2.39. The lowest BCUT2D eigenvalue weighted by Gasteiger charge is -2.07. The molecule has 92 valence electrons. The molecule has 2 aromatic rings. The maximum absolute atomic E-state index is 12.3. The minimum atomic E-state index is -0.0874. The fourth-order valence-electron chi connectivity index (χ4n) is 1.66. The number of ketones is 1. The molecule has 2 rings (SSSR count). The van der Waals surface area contributed by atoms with E-state index in [4.69, 9.17) is 16.3 Å². The molecule has 4 heteroatoms. The van der Waals surface area contributed by atoms with Crippen molar-refractivity contribution in [3.8, 4) is 5.75 Å². The minimum absolute atomic E-state index is 0.0874. The number of halogens is 1. The molecule has 0 N–H and O–H groups in total. The van der Waals surface area contributed by atoms with Crippen molar-refractivity contribution in [1.82, 2.24) is 4.98 Å². The van der Waals surface area contributed by atoms with Crippen LogP contribution in [0, 0.1) is 6.92 Å². The number of rotatable bonds is 3. The third-order valence-corrected chi connectivity index (χ3v) is 3.01. The average molecular weight is 262 g/mol. The standard InChI is InChI=1S/C14H12ClNO2/c1-9-5-6-16-8-11(9)14(17)10-3-4-12(15)13(7-10)18-2/h3-8H,1-2H3. The fraction of sp³-hybridized carbons (Fsp3) is 0.143. The zero-order valence-corrected chi connectivity index (χ0v) is 10.9. The van der Waals surface area contributed by atoms with Gasteiger partial charge >= 0.3 is 0 Å². The molecule has 0 unspecified atom stereocenters. The number of aromatic nitrogens is 1. The summed E-state index contributed by atoms with van der Waals surface area (Å²) < 4.78 is 5.10. The van der Waals surface area contributed by atoms with Crippen LogP contribution in [0.1, 0.15) is 21.5 Å². The summed E-state index contributed by atoms with van der Waals surface area (Å²) in [6, 6.07) is 6.77. The largest absolute Gasteiger partial charge is 0.495 e. The van der Waals surface area contributed by atoms with Gasteiger partial charge in [-0.3, -0.25) is 9.78 Å². The van der Waals surface area contributed by atoms with Gasteiger partial charge in [-0.1, -0.05) is 11.6 Å². The first-order chi connectivity index (χ1) is 8.63. The van der Waals surface area contributed by atoms with Crippen LogP contribution in [0.2, 0.25) is 5.02 Å². The van der Waals surface area contributed by atoms with E-state index >= 15 is 0 Å². The van der Waals surface area contributed by atoms with Crippen LogP contribution in [0.3, 0.4) is 0 Å². The van der Waals surface area contributed by atoms with E-state index < -0.39 is 0 Å². The van der Waals surface area contributed by atoms with Crippen molar-refractivity contribution in [1.29, 1.82) is 0 Å². The SMILES string of the molecule is COc1cc(C(=O)c2cnccc2C)ccc1Cl. The second-order valence-electron chi connectivity index (χ2n) is 3.87. The summed E-state index contributed by atoms with van der Waals surface area (Å²) in [6.45, 7) is 1.88. The summed E-state index contributed by atoms with van der Waals surface area (Å²) in [6.07, 6.45) is 3.23. The first-order valence-corrected chi connectivity index (χ1v) is 5.80. The van der Waals surface area contributed by atoms with E-state index in [2.05, 4.69) is 4.98 Å². The van der Waals surface area contributed by atoms with E-state index in [1.165, 1.54) is 7.11 Å². The van der Waals surface area contributed by atoms with Crippen LogP contribution in [0.4, 0.5) is 0 Å². The summed E-state index contributed by atoms with van der Waals surface area (Å²) >= 11 is 5.93. The van der Waals surface area contributed by atoms with Gasteiger partial charge in [-0.2, -0.15) is 0 Å². The molecule has 3 nitrogen and oxygen atoms in total. The number of pyridine rings is 1. The second kappa shape index (κ2) is 5.19. The lowest BCUT2D eigenvalue weighted by Crippen LogP contribution is -2.04. The van der Waals surface area contributed by atoms with Crippen molar-refractivity contribution < 1.29 is 9.53 Å². The van der Waals surface area contributed by atoms with Gasteiger partial charge in [0.1, 0.15) is 5.75 Å². The van der Waals surface area contributed by atoms with Crippen molar-refractivity contribution in [2.45, 2.75) is 6.92 Å². The van der Waals surface area contributed by atoms with E-state index in [0.717, 1.165) is 5.56 Å². The molecule has 0 radical (unpaired) electrons. The Kier molecular flexibility index (Phi) is 3.63. The van der Waals surface area contributed by atoms with Gasteiger partial charge in [0.05, 0.1) is 12.1 Å². The Hall–Kier alpha value is -1.87. The lowest BCUT2D eigenvalue weighted by molar-refractivity contribution is 0.103. The van der Waals surface area contributed by atoms with Gasteiger partial charge in [0.2, 0.25) is 0 Å². The number of aryl methyl sites for hydroxylation is 1. The Labute approximate surface area is 110 Å². The van der Waals surface area contributed by atoms with Gasteiger partial charge in [-0.25, -0.2) is 0 Å². The van der Waals surface area contributed by atoms with Crippen LogP contribution in [0.15, 0.2) is 36.7 Å². The lowest BCUT2D eigenvalue weighted by atomic mass is 10.0. The predicted molar refractivity (Wildman–Crippen MR) is 70.4 cm³/mol. The summed E-state index contributed by atoms with van der Waals surface area (Å²) in [5, 5.41) is 0.483. The van der Waals surface area contributed by atoms with Crippen molar-refractivity contribution >= 4 is 17.4 Å². The third-order valence-electron chi connectivity index (χ3n) is 2.70. The summed E-state index contributed by atoms with van der Waals surface area (Å²) in [5.41, 5.74) is 2.01. The Bertz CT molecular complexity index is 596. The molecule has 1 aromatic carbocycles. The number of carbonyl (C=O) groups is 1. The fourth-order valence-corrected chi connectivity index (χ4v) is 1.85. The Morgan fingerprint density at radius 1 is 1.33 bits per heavy atom. The predicted octanol–water partition coefficient (Wildman–Crippen LogP) is 3.28. The highest BCUT2D eigenvalue weighted by Gasteiger charge is 2.13. The normalized spacial score (nSPS) is 10.2.